The monoisotopic (exact) mass is 526 g/mol. The van der Waals surface area contributed by atoms with E-state index >= 15 is 0 Å². The molecule has 4 unspecified atom stereocenters. The van der Waals surface area contributed by atoms with Gasteiger partial charge in [-0.25, -0.2) is 0 Å². The van der Waals surface area contributed by atoms with Crippen LogP contribution in [0.1, 0.15) is 123 Å². The predicted octanol–water partition coefficient (Wildman–Crippen LogP) is 6.71. The second-order valence-corrected chi connectivity index (χ2v) is 11.0. The molecule has 0 saturated heterocycles. The zero-order valence-corrected chi connectivity index (χ0v) is 22.9. The summed E-state index contributed by atoms with van der Waals surface area (Å²) >= 11 is 0. The minimum Gasteiger partial charge on any atom is -0.481 e. The van der Waals surface area contributed by atoms with E-state index in [0.717, 1.165) is 62.2 Å². The van der Waals surface area contributed by atoms with E-state index in [4.69, 9.17) is 20.4 Å². The van der Waals surface area contributed by atoms with Gasteiger partial charge in [-0.15, -0.1) is 0 Å². The number of aliphatic carboxylic acids is 4. The maximum atomic E-state index is 11.0. The third-order valence-corrected chi connectivity index (χ3v) is 8.67. The molecule has 0 bridgehead atoms. The fraction of sp³-hybridized carbons (Fsp3) is 0.862. The zero-order valence-electron chi connectivity index (χ0n) is 22.9. The summed E-state index contributed by atoms with van der Waals surface area (Å²) in [5.41, 5.74) is 0. The van der Waals surface area contributed by atoms with Crippen LogP contribution in [0, 0.1) is 35.5 Å². The van der Waals surface area contributed by atoms with Crippen molar-refractivity contribution in [3.8, 4) is 0 Å². The van der Waals surface area contributed by atoms with Crippen molar-refractivity contribution in [2.24, 2.45) is 35.5 Å². The molecule has 8 nitrogen and oxygen atoms in total. The zero-order chi connectivity index (χ0) is 27.8. The number of hydrogen-bond acceptors (Lipinski definition) is 4. The Morgan fingerprint density at radius 1 is 0.541 bits per heavy atom. The molecule has 1 aliphatic rings. The van der Waals surface area contributed by atoms with E-state index in [0.29, 0.717) is 12.8 Å². The van der Waals surface area contributed by atoms with Gasteiger partial charge in [-0.2, -0.15) is 0 Å². The highest BCUT2D eigenvalue weighted by atomic mass is 16.4. The lowest BCUT2D eigenvalue weighted by molar-refractivity contribution is -0.156. The molecule has 0 aromatic heterocycles. The van der Waals surface area contributed by atoms with Gasteiger partial charge < -0.3 is 20.4 Å². The van der Waals surface area contributed by atoms with Gasteiger partial charge in [0.25, 0.3) is 0 Å². The molecule has 1 aliphatic carbocycles. The van der Waals surface area contributed by atoms with Gasteiger partial charge in [0.05, 0.1) is 0 Å². The van der Waals surface area contributed by atoms with Crippen LogP contribution >= 0.6 is 0 Å². The van der Waals surface area contributed by atoms with E-state index in [-0.39, 0.29) is 12.8 Å². The first kappa shape index (κ1) is 32.9. The Bertz CT molecular complexity index is 620. The van der Waals surface area contributed by atoms with E-state index in [1.165, 1.54) is 44.9 Å². The van der Waals surface area contributed by atoms with Crippen LogP contribution in [0.5, 0.6) is 0 Å². The van der Waals surface area contributed by atoms with E-state index in [2.05, 4.69) is 13.8 Å². The minimum atomic E-state index is -1.29. The maximum Gasteiger partial charge on any atom is 0.317 e. The van der Waals surface area contributed by atoms with Crippen LogP contribution in [0.4, 0.5) is 0 Å². The number of unbranched alkanes of at least 4 members (excludes halogenated alkanes) is 8. The molecule has 1 saturated carbocycles. The van der Waals surface area contributed by atoms with Crippen molar-refractivity contribution in [1.29, 1.82) is 0 Å². The lowest BCUT2D eigenvalue weighted by Crippen LogP contribution is -2.23. The second kappa shape index (κ2) is 18.2. The first-order valence-corrected chi connectivity index (χ1v) is 14.5. The fourth-order valence-electron chi connectivity index (χ4n) is 6.50. The average Bonchev–Trinajstić information content (AvgIpc) is 3.17. The highest BCUT2D eigenvalue weighted by molar-refractivity contribution is 5.93. The van der Waals surface area contributed by atoms with Crippen LogP contribution in [-0.2, 0) is 19.2 Å². The van der Waals surface area contributed by atoms with Crippen LogP contribution in [0.3, 0.4) is 0 Å². The lowest BCUT2D eigenvalue weighted by Gasteiger charge is -2.27. The Kier molecular flexibility index (Phi) is 16.2. The molecule has 214 valence electrons. The van der Waals surface area contributed by atoms with Crippen molar-refractivity contribution in [2.45, 2.75) is 123 Å². The highest BCUT2D eigenvalue weighted by Gasteiger charge is 2.40. The van der Waals surface area contributed by atoms with Crippen molar-refractivity contribution in [1.82, 2.24) is 0 Å². The van der Waals surface area contributed by atoms with Crippen LogP contribution in [0.15, 0.2) is 0 Å². The molecular formula is C29H50O8. The quantitative estimate of drug-likeness (QED) is 0.0898. The van der Waals surface area contributed by atoms with E-state index in [1.807, 2.05) is 0 Å². The van der Waals surface area contributed by atoms with Gasteiger partial charge in [-0.1, -0.05) is 90.9 Å². The molecule has 4 N–H and O–H groups in total. The van der Waals surface area contributed by atoms with Gasteiger partial charge in [0.1, 0.15) is 0 Å². The SMILES string of the molecule is CCC1CC(CC)C(CCCCCCCC(C(=O)O)C(=O)O)C1CCCCCCCC(C(=O)O)C(=O)O. The molecule has 8 heteroatoms. The first-order chi connectivity index (χ1) is 17.6. The van der Waals surface area contributed by atoms with Gasteiger partial charge in [-0.05, 0) is 55.8 Å². The van der Waals surface area contributed by atoms with Crippen molar-refractivity contribution in [3.63, 3.8) is 0 Å². The standard InChI is InChI=1S/C29H50O8/c1-3-20-19-21(4-2)23(16-12-8-6-10-14-18-25(28(34)35)29(36)37)22(20)15-11-7-5-9-13-17-24(26(30)31)27(32)33/h20-25H,3-19H2,1-2H3,(H,30,31)(H,32,33)(H,34,35)(H,36,37). The van der Waals surface area contributed by atoms with Crippen molar-refractivity contribution < 1.29 is 39.6 Å². The van der Waals surface area contributed by atoms with Gasteiger partial charge in [-0.3, -0.25) is 19.2 Å². The predicted molar refractivity (Wildman–Crippen MR) is 141 cm³/mol. The molecule has 0 aliphatic heterocycles. The summed E-state index contributed by atoms with van der Waals surface area (Å²) in [5.74, 6) is -4.50. The highest BCUT2D eigenvalue weighted by Crippen LogP contribution is 2.49. The fourth-order valence-corrected chi connectivity index (χ4v) is 6.50. The molecule has 4 atom stereocenters. The van der Waals surface area contributed by atoms with Crippen LogP contribution < -0.4 is 0 Å². The molecule has 1 fully saturated rings. The molecule has 0 aromatic rings. The Hall–Kier alpha value is -2.12. The van der Waals surface area contributed by atoms with Crippen LogP contribution in [0.2, 0.25) is 0 Å². The summed E-state index contributed by atoms with van der Waals surface area (Å²) in [6.07, 6.45) is 16.2. The Labute approximate surface area is 222 Å². The summed E-state index contributed by atoms with van der Waals surface area (Å²) in [7, 11) is 0. The van der Waals surface area contributed by atoms with E-state index in [1.54, 1.807) is 0 Å². The smallest absolute Gasteiger partial charge is 0.317 e. The first-order valence-electron chi connectivity index (χ1n) is 14.5. The third kappa shape index (κ3) is 11.9. The third-order valence-electron chi connectivity index (χ3n) is 8.67. The Balaban J connectivity index is 2.36. The topological polar surface area (TPSA) is 149 Å². The molecule has 0 spiro atoms. The Morgan fingerprint density at radius 3 is 1.14 bits per heavy atom. The summed E-state index contributed by atoms with van der Waals surface area (Å²) in [6.45, 7) is 4.60. The molecule has 0 amide bonds. The molecular weight excluding hydrogens is 476 g/mol. The van der Waals surface area contributed by atoms with E-state index in [9.17, 15) is 19.2 Å². The summed E-state index contributed by atoms with van der Waals surface area (Å²) in [5, 5.41) is 35.9. The van der Waals surface area contributed by atoms with Crippen LogP contribution in [0.25, 0.3) is 0 Å². The minimum absolute atomic E-state index is 0.200. The molecule has 0 aromatic carbocycles. The maximum absolute atomic E-state index is 11.0. The van der Waals surface area contributed by atoms with Gasteiger partial charge in [0, 0.05) is 0 Å². The van der Waals surface area contributed by atoms with Crippen LogP contribution in [-0.4, -0.2) is 44.3 Å². The van der Waals surface area contributed by atoms with Gasteiger partial charge in [0.2, 0.25) is 0 Å². The number of carboxylic acid groups (broad SMARTS) is 4. The summed E-state index contributed by atoms with van der Waals surface area (Å²) in [6, 6.07) is 0. The van der Waals surface area contributed by atoms with Crippen molar-refractivity contribution in [2.75, 3.05) is 0 Å². The largest absolute Gasteiger partial charge is 0.481 e. The van der Waals surface area contributed by atoms with Gasteiger partial charge >= 0.3 is 23.9 Å². The Morgan fingerprint density at radius 2 is 0.838 bits per heavy atom. The molecule has 37 heavy (non-hydrogen) atoms. The number of carboxylic acids is 4. The van der Waals surface area contributed by atoms with Crippen molar-refractivity contribution >= 4 is 23.9 Å². The average molecular weight is 527 g/mol. The van der Waals surface area contributed by atoms with Crippen molar-refractivity contribution in [3.05, 3.63) is 0 Å². The summed E-state index contributed by atoms with van der Waals surface area (Å²) in [4.78, 5) is 43.9. The van der Waals surface area contributed by atoms with E-state index < -0.39 is 35.7 Å². The summed E-state index contributed by atoms with van der Waals surface area (Å²) < 4.78 is 0. The number of hydrogen-bond donors (Lipinski definition) is 4. The lowest BCUT2D eigenvalue weighted by atomic mass is 9.79. The van der Waals surface area contributed by atoms with Gasteiger partial charge in [0.15, 0.2) is 11.8 Å². The second-order valence-electron chi connectivity index (χ2n) is 11.0. The number of rotatable bonds is 22. The normalized spacial score (nSPS) is 21.5. The molecule has 0 radical (unpaired) electrons. The molecule has 1 rings (SSSR count). The number of carbonyl (C=O) groups is 4. The molecule has 0 heterocycles.